The number of amides is 1. The van der Waals surface area contributed by atoms with E-state index in [1.807, 2.05) is 48.5 Å². The maximum atomic E-state index is 12.6. The molecular formula is C23H24N4O. The lowest BCUT2D eigenvalue weighted by Gasteiger charge is -2.28. The van der Waals surface area contributed by atoms with Gasteiger partial charge in [0, 0.05) is 42.0 Å². The van der Waals surface area contributed by atoms with Gasteiger partial charge in [-0.15, -0.1) is 0 Å². The molecular weight excluding hydrogens is 348 g/mol. The largest absolute Gasteiger partial charge is 0.372 e. The summed E-state index contributed by atoms with van der Waals surface area (Å²) in [6, 6.07) is 21.5. The van der Waals surface area contributed by atoms with E-state index in [0.29, 0.717) is 5.69 Å². The van der Waals surface area contributed by atoms with Crippen molar-refractivity contribution in [2.45, 2.75) is 19.3 Å². The summed E-state index contributed by atoms with van der Waals surface area (Å²) in [5.41, 5.74) is 4.15. The summed E-state index contributed by atoms with van der Waals surface area (Å²) in [5.74, 6) is -0.220. The molecule has 0 aliphatic carbocycles. The lowest BCUT2D eigenvalue weighted by Crippen LogP contribution is -2.29. The molecule has 0 unspecified atom stereocenters. The van der Waals surface area contributed by atoms with Crippen LogP contribution in [-0.2, 0) is 0 Å². The van der Waals surface area contributed by atoms with Gasteiger partial charge in [0.25, 0.3) is 5.91 Å². The Labute approximate surface area is 165 Å². The molecule has 4 rings (SSSR count). The van der Waals surface area contributed by atoms with E-state index in [1.54, 1.807) is 12.3 Å². The average molecular weight is 372 g/mol. The summed E-state index contributed by atoms with van der Waals surface area (Å²) >= 11 is 0. The van der Waals surface area contributed by atoms with Gasteiger partial charge in [0.2, 0.25) is 0 Å². The highest BCUT2D eigenvalue weighted by atomic mass is 16.1. The number of hydrogen-bond donors (Lipinski definition) is 2. The molecule has 1 saturated heterocycles. The van der Waals surface area contributed by atoms with E-state index in [-0.39, 0.29) is 5.91 Å². The summed E-state index contributed by atoms with van der Waals surface area (Å²) in [6.45, 7) is 2.22. The second-order valence-corrected chi connectivity index (χ2v) is 6.97. The Bertz CT molecular complexity index is 919. The number of carbonyl (C=O) groups excluding carboxylic acids is 1. The zero-order valence-corrected chi connectivity index (χ0v) is 15.8. The molecule has 0 spiro atoms. The minimum absolute atomic E-state index is 0.220. The number of carbonyl (C=O) groups is 1. The fourth-order valence-corrected chi connectivity index (χ4v) is 3.42. The molecule has 0 atom stereocenters. The number of para-hydroxylation sites is 1. The number of benzene rings is 2. The van der Waals surface area contributed by atoms with E-state index in [1.165, 1.54) is 24.9 Å². The number of hydrogen-bond acceptors (Lipinski definition) is 4. The standard InChI is InChI=1S/C23H24N4O/c28-23(22-17-20(13-14-24-22)25-18-7-3-1-4-8-18)26-19-9-11-21(12-10-19)27-15-5-2-6-16-27/h1,3-4,7-14,17H,2,5-6,15-16H2,(H,24,25)(H,26,28). The maximum absolute atomic E-state index is 12.6. The Morgan fingerprint density at radius 2 is 1.57 bits per heavy atom. The summed E-state index contributed by atoms with van der Waals surface area (Å²) < 4.78 is 0. The lowest BCUT2D eigenvalue weighted by molar-refractivity contribution is 0.102. The number of anilines is 4. The van der Waals surface area contributed by atoms with E-state index in [4.69, 9.17) is 0 Å². The molecule has 28 heavy (non-hydrogen) atoms. The Morgan fingerprint density at radius 1 is 0.821 bits per heavy atom. The molecule has 0 saturated carbocycles. The third-order valence-corrected chi connectivity index (χ3v) is 4.90. The highest BCUT2D eigenvalue weighted by Crippen LogP contribution is 2.22. The minimum Gasteiger partial charge on any atom is -0.372 e. The van der Waals surface area contributed by atoms with Crippen molar-refractivity contribution in [3.05, 3.63) is 78.6 Å². The molecule has 5 nitrogen and oxygen atoms in total. The topological polar surface area (TPSA) is 57.3 Å². The van der Waals surface area contributed by atoms with Crippen molar-refractivity contribution in [2.75, 3.05) is 28.6 Å². The Kier molecular flexibility index (Phi) is 5.52. The van der Waals surface area contributed by atoms with E-state index in [0.717, 1.165) is 30.2 Å². The monoisotopic (exact) mass is 372 g/mol. The molecule has 3 aromatic rings. The Morgan fingerprint density at radius 3 is 2.32 bits per heavy atom. The first kappa shape index (κ1) is 18.0. The minimum atomic E-state index is -0.220. The number of pyridine rings is 1. The molecule has 1 amide bonds. The van der Waals surface area contributed by atoms with Crippen molar-refractivity contribution in [2.24, 2.45) is 0 Å². The van der Waals surface area contributed by atoms with Gasteiger partial charge in [-0.3, -0.25) is 9.78 Å². The van der Waals surface area contributed by atoms with Gasteiger partial charge in [-0.25, -0.2) is 0 Å². The lowest BCUT2D eigenvalue weighted by atomic mass is 10.1. The van der Waals surface area contributed by atoms with Crippen LogP contribution in [0.3, 0.4) is 0 Å². The van der Waals surface area contributed by atoms with Gasteiger partial charge in [-0.1, -0.05) is 18.2 Å². The fraction of sp³-hybridized carbons (Fsp3) is 0.217. The van der Waals surface area contributed by atoms with Crippen molar-refractivity contribution in [3.8, 4) is 0 Å². The highest BCUT2D eigenvalue weighted by molar-refractivity contribution is 6.03. The first-order valence-corrected chi connectivity index (χ1v) is 9.72. The number of nitrogens with zero attached hydrogens (tertiary/aromatic N) is 2. The predicted octanol–water partition coefficient (Wildman–Crippen LogP) is 5.07. The van der Waals surface area contributed by atoms with Crippen LogP contribution in [0.4, 0.5) is 22.7 Å². The number of rotatable bonds is 5. The third-order valence-electron chi connectivity index (χ3n) is 4.90. The number of piperidine rings is 1. The fourth-order valence-electron chi connectivity index (χ4n) is 3.42. The second kappa shape index (κ2) is 8.57. The van der Waals surface area contributed by atoms with Crippen LogP contribution in [0.15, 0.2) is 72.9 Å². The van der Waals surface area contributed by atoms with Crippen molar-refractivity contribution >= 4 is 28.7 Å². The van der Waals surface area contributed by atoms with E-state index < -0.39 is 0 Å². The molecule has 1 aliphatic heterocycles. The summed E-state index contributed by atoms with van der Waals surface area (Å²) in [7, 11) is 0. The van der Waals surface area contributed by atoms with Gasteiger partial charge >= 0.3 is 0 Å². The van der Waals surface area contributed by atoms with Gasteiger partial charge in [0.15, 0.2) is 0 Å². The average Bonchev–Trinajstić information content (AvgIpc) is 2.76. The first-order chi connectivity index (χ1) is 13.8. The summed E-state index contributed by atoms with van der Waals surface area (Å²) in [5, 5.41) is 6.21. The smallest absolute Gasteiger partial charge is 0.274 e. The SMILES string of the molecule is O=C(Nc1ccc(N2CCCCC2)cc1)c1cc(Nc2ccccc2)ccn1. The van der Waals surface area contributed by atoms with Gasteiger partial charge in [0.1, 0.15) is 5.69 Å². The highest BCUT2D eigenvalue weighted by Gasteiger charge is 2.12. The summed E-state index contributed by atoms with van der Waals surface area (Å²) in [4.78, 5) is 19.2. The van der Waals surface area contributed by atoms with Crippen LogP contribution >= 0.6 is 0 Å². The molecule has 0 radical (unpaired) electrons. The van der Waals surface area contributed by atoms with Crippen LogP contribution in [0.5, 0.6) is 0 Å². The number of nitrogens with one attached hydrogen (secondary N) is 2. The van der Waals surface area contributed by atoms with Crippen molar-refractivity contribution in [3.63, 3.8) is 0 Å². The molecule has 1 aliphatic rings. The second-order valence-electron chi connectivity index (χ2n) is 6.97. The van der Waals surface area contributed by atoms with Crippen LogP contribution in [0.25, 0.3) is 0 Å². The van der Waals surface area contributed by atoms with Crippen molar-refractivity contribution in [1.29, 1.82) is 0 Å². The predicted molar refractivity (Wildman–Crippen MR) is 114 cm³/mol. The van der Waals surface area contributed by atoms with Gasteiger partial charge < -0.3 is 15.5 Å². The molecule has 1 fully saturated rings. The van der Waals surface area contributed by atoms with E-state index in [2.05, 4.69) is 32.7 Å². The molecule has 0 bridgehead atoms. The zero-order chi connectivity index (χ0) is 19.2. The first-order valence-electron chi connectivity index (χ1n) is 9.72. The third kappa shape index (κ3) is 4.49. The van der Waals surface area contributed by atoms with E-state index >= 15 is 0 Å². The van der Waals surface area contributed by atoms with Crippen LogP contribution in [0.2, 0.25) is 0 Å². The quantitative estimate of drug-likeness (QED) is 0.657. The van der Waals surface area contributed by atoms with Gasteiger partial charge in [-0.05, 0) is 67.8 Å². The Hall–Kier alpha value is -3.34. The van der Waals surface area contributed by atoms with E-state index in [9.17, 15) is 4.79 Å². The van der Waals surface area contributed by atoms with Crippen LogP contribution < -0.4 is 15.5 Å². The molecule has 2 N–H and O–H groups in total. The Balaban J connectivity index is 1.41. The van der Waals surface area contributed by atoms with Crippen LogP contribution in [-0.4, -0.2) is 24.0 Å². The van der Waals surface area contributed by atoms with Gasteiger partial charge in [0.05, 0.1) is 0 Å². The molecule has 5 heteroatoms. The summed E-state index contributed by atoms with van der Waals surface area (Å²) in [6.07, 6.45) is 5.45. The van der Waals surface area contributed by atoms with Crippen molar-refractivity contribution in [1.82, 2.24) is 4.98 Å². The maximum Gasteiger partial charge on any atom is 0.274 e. The molecule has 2 aromatic carbocycles. The van der Waals surface area contributed by atoms with Crippen LogP contribution in [0.1, 0.15) is 29.8 Å². The molecule has 2 heterocycles. The zero-order valence-electron chi connectivity index (χ0n) is 15.8. The van der Waals surface area contributed by atoms with Crippen LogP contribution in [0, 0.1) is 0 Å². The van der Waals surface area contributed by atoms with Gasteiger partial charge in [-0.2, -0.15) is 0 Å². The molecule has 142 valence electrons. The normalized spacial score (nSPS) is 13.8. The van der Waals surface area contributed by atoms with Crippen molar-refractivity contribution < 1.29 is 4.79 Å². The number of aromatic nitrogens is 1. The molecule has 1 aromatic heterocycles.